The van der Waals surface area contributed by atoms with Crippen molar-refractivity contribution >= 4 is 23.5 Å². The van der Waals surface area contributed by atoms with Gasteiger partial charge in [-0.25, -0.2) is 0 Å². The zero-order chi connectivity index (χ0) is 23.9. The maximum Gasteiger partial charge on any atom is 0.163 e. The first-order valence-corrected chi connectivity index (χ1v) is 14.1. The molecule has 0 saturated heterocycles. The number of carbonyl (C=O) groups is 1. The molecule has 4 heteroatoms. The molecule has 0 heterocycles. The van der Waals surface area contributed by atoms with Crippen molar-refractivity contribution in [2.24, 2.45) is 11.8 Å². The number of hydrogen-bond acceptors (Lipinski definition) is 3. The number of benzene rings is 2. The van der Waals surface area contributed by atoms with Crippen LogP contribution in [0.1, 0.15) is 66.2 Å². The molecule has 0 spiro atoms. The van der Waals surface area contributed by atoms with E-state index in [1.54, 1.807) is 0 Å². The summed E-state index contributed by atoms with van der Waals surface area (Å²) in [6, 6.07) is 19.5. The molecule has 0 amide bonds. The van der Waals surface area contributed by atoms with E-state index in [0.717, 1.165) is 36.3 Å². The molecule has 3 atom stereocenters. The Morgan fingerprint density at radius 1 is 0.970 bits per heavy atom. The van der Waals surface area contributed by atoms with E-state index < -0.39 is 7.14 Å². The Balaban J connectivity index is 1.97. The Morgan fingerprint density at radius 3 is 2.06 bits per heavy atom. The van der Waals surface area contributed by atoms with Crippen LogP contribution in [0.3, 0.4) is 0 Å². The fraction of sp³-hybridized carbons (Fsp3) is 0.483. The van der Waals surface area contributed by atoms with Crippen LogP contribution in [-0.4, -0.2) is 17.5 Å². The molecule has 1 fully saturated rings. The van der Waals surface area contributed by atoms with Gasteiger partial charge in [0.1, 0.15) is 5.78 Å². The summed E-state index contributed by atoms with van der Waals surface area (Å²) in [6.07, 6.45) is 7.48. The number of Topliss-reactive ketones (excluding diaryl/α,β-unsaturated/α-hetero) is 1. The fourth-order valence-electron chi connectivity index (χ4n) is 4.80. The fourth-order valence-corrected chi connectivity index (χ4v) is 7.13. The molecule has 178 valence electrons. The number of rotatable bonds is 10. The molecule has 0 aliphatic heterocycles. The van der Waals surface area contributed by atoms with Gasteiger partial charge in [-0.05, 0) is 44.8 Å². The van der Waals surface area contributed by atoms with E-state index in [-0.39, 0.29) is 29.3 Å². The van der Waals surface area contributed by atoms with Crippen LogP contribution >= 0.6 is 7.14 Å². The summed E-state index contributed by atoms with van der Waals surface area (Å²) >= 11 is 0. The third-order valence-electron chi connectivity index (χ3n) is 6.39. The molecule has 2 aromatic carbocycles. The van der Waals surface area contributed by atoms with E-state index in [2.05, 4.69) is 13.0 Å². The van der Waals surface area contributed by atoms with E-state index in [1.807, 2.05) is 87.3 Å². The van der Waals surface area contributed by atoms with Gasteiger partial charge in [0.15, 0.2) is 7.14 Å². The summed E-state index contributed by atoms with van der Waals surface area (Å²) < 4.78 is 20.8. The van der Waals surface area contributed by atoms with Crippen molar-refractivity contribution < 1.29 is 14.1 Å². The van der Waals surface area contributed by atoms with Crippen LogP contribution in [-0.2, 0) is 14.1 Å². The standard InChI is InChI=1S/C29H39O3P/c1-5-6-9-14-23(27-21-24(30)22-28(27)32-29(2,3)4)19-20-33(31,25-15-10-7-11-16-25)26-17-12-8-13-18-26/h7-8,10-13,15-20,23,27-28H,5-6,9,14,21-22H2,1-4H3/b20-19+/t23-,27-,28+/m0/s1. The molecule has 1 saturated carbocycles. The lowest BCUT2D eigenvalue weighted by molar-refractivity contribution is -0.119. The van der Waals surface area contributed by atoms with Crippen LogP contribution in [0.5, 0.6) is 0 Å². The molecule has 1 aliphatic rings. The summed E-state index contributed by atoms with van der Waals surface area (Å²) in [5, 5.41) is 1.68. The van der Waals surface area contributed by atoms with Gasteiger partial charge >= 0.3 is 0 Å². The van der Waals surface area contributed by atoms with E-state index in [0.29, 0.717) is 12.8 Å². The Bertz CT molecular complexity index is 916. The molecule has 2 aromatic rings. The molecule has 3 nitrogen and oxygen atoms in total. The maximum absolute atomic E-state index is 14.5. The number of allylic oxidation sites excluding steroid dienone is 1. The quantitative estimate of drug-likeness (QED) is 0.283. The summed E-state index contributed by atoms with van der Waals surface area (Å²) in [7, 11) is -2.94. The molecular weight excluding hydrogens is 427 g/mol. The van der Waals surface area contributed by atoms with Gasteiger partial charge in [0, 0.05) is 23.5 Å². The van der Waals surface area contributed by atoms with Crippen molar-refractivity contribution in [1.29, 1.82) is 0 Å². The largest absolute Gasteiger partial charge is 0.372 e. The molecule has 0 bridgehead atoms. The first-order chi connectivity index (χ1) is 15.7. The van der Waals surface area contributed by atoms with E-state index in [1.165, 1.54) is 0 Å². The Labute approximate surface area is 200 Å². The zero-order valence-electron chi connectivity index (χ0n) is 20.6. The summed E-state index contributed by atoms with van der Waals surface area (Å²) in [5.41, 5.74) is -0.297. The molecule has 0 radical (unpaired) electrons. The normalized spacial score (nSPS) is 20.4. The predicted octanol–water partition coefficient (Wildman–Crippen LogP) is 6.87. The highest BCUT2D eigenvalue weighted by Crippen LogP contribution is 2.47. The van der Waals surface area contributed by atoms with Crippen molar-refractivity contribution in [2.45, 2.75) is 77.9 Å². The first-order valence-electron chi connectivity index (χ1n) is 12.3. The molecular formula is C29H39O3P. The second kappa shape index (κ2) is 11.4. The Kier molecular flexibility index (Phi) is 8.90. The van der Waals surface area contributed by atoms with Crippen LogP contribution in [0.2, 0.25) is 0 Å². The number of unbranched alkanes of at least 4 members (excludes halogenated alkanes) is 2. The van der Waals surface area contributed by atoms with Crippen molar-refractivity contribution in [1.82, 2.24) is 0 Å². The first kappa shape index (κ1) is 25.7. The zero-order valence-corrected chi connectivity index (χ0v) is 21.5. The van der Waals surface area contributed by atoms with Gasteiger partial charge in [-0.3, -0.25) is 4.79 Å². The number of carbonyl (C=O) groups excluding carboxylic acids is 1. The second-order valence-corrected chi connectivity index (χ2v) is 12.9. The molecule has 33 heavy (non-hydrogen) atoms. The topological polar surface area (TPSA) is 43.4 Å². The van der Waals surface area contributed by atoms with Crippen LogP contribution in [0.4, 0.5) is 0 Å². The average Bonchev–Trinajstić information content (AvgIpc) is 3.15. The minimum absolute atomic E-state index is 0.0818. The van der Waals surface area contributed by atoms with Crippen LogP contribution in [0.25, 0.3) is 0 Å². The molecule has 3 rings (SSSR count). The highest BCUT2D eigenvalue weighted by atomic mass is 31.2. The lowest BCUT2D eigenvalue weighted by Gasteiger charge is -2.32. The minimum Gasteiger partial charge on any atom is -0.372 e. The highest BCUT2D eigenvalue weighted by molar-refractivity contribution is 7.81. The van der Waals surface area contributed by atoms with Gasteiger partial charge in [0.05, 0.1) is 11.7 Å². The third kappa shape index (κ3) is 7.01. The molecule has 1 aliphatic carbocycles. The maximum atomic E-state index is 14.5. The number of hydrogen-bond donors (Lipinski definition) is 0. The summed E-state index contributed by atoms with van der Waals surface area (Å²) in [6.45, 7) is 8.35. The lowest BCUT2D eigenvalue weighted by Crippen LogP contribution is -2.32. The summed E-state index contributed by atoms with van der Waals surface area (Å²) in [4.78, 5) is 12.5. The molecule has 0 N–H and O–H groups in total. The van der Waals surface area contributed by atoms with Crippen LogP contribution in [0.15, 0.2) is 72.6 Å². The monoisotopic (exact) mass is 466 g/mol. The van der Waals surface area contributed by atoms with Crippen molar-refractivity contribution in [2.75, 3.05) is 0 Å². The van der Waals surface area contributed by atoms with Gasteiger partial charge in [0.25, 0.3) is 0 Å². The van der Waals surface area contributed by atoms with E-state index in [9.17, 15) is 9.36 Å². The molecule has 0 unspecified atom stereocenters. The van der Waals surface area contributed by atoms with Gasteiger partial charge in [-0.2, -0.15) is 0 Å². The Morgan fingerprint density at radius 2 is 1.55 bits per heavy atom. The smallest absolute Gasteiger partial charge is 0.163 e. The molecule has 0 aromatic heterocycles. The van der Waals surface area contributed by atoms with Gasteiger partial charge in [0.2, 0.25) is 0 Å². The average molecular weight is 467 g/mol. The SMILES string of the molecule is CCCCC[C@@H](/C=C/P(=O)(c1ccccc1)c1ccccc1)[C@@H]1CC(=O)C[C@H]1OC(C)(C)C. The van der Waals surface area contributed by atoms with Crippen LogP contribution < -0.4 is 10.6 Å². The number of ether oxygens (including phenoxy) is 1. The third-order valence-corrected chi connectivity index (χ3v) is 9.11. The second-order valence-electron chi connectivity index (χ2n) is 10.2. The minimum atomic E-state index is -2.94. The lowest BCUT2D eigenvalue weighted by atomic mass is 9.85. The van der Waals surface area contributed by atoms with Crippen LogP contribution in [0, 0.1) is 11.8 Å². The van der Waals surface area contributed by atoms with Gasteiger partial charge in [-0.15, -0.1) is 0 Å². The highest BCUT2D eigenvalue weighted by Gasteiger charge is 2.40. The van der Waals surface area contributed by atoms with Crippen molar-refractivity contribution in [3.05, 3.63) is 72.6 Å². The van der Waals surface area contributed by atoms with E-state index >= 15 is 0 Å². The predicted molar refractivity (Wildman–Crippen MR) is 139 cm³/mol. The summed E-state index contributed by atoms with van der Waals surface area (Å²) in [5.74, 6) is 2.52. The van der Waals surface area contributed by atoms with Crippen molar-refractivity contribution in [3.8, 4) is 0 Å². The van der Waals surface area contributed by atoms with Gasteiger partial charge in [-0.1, -0.05) is 92.9 Å². The van der Waals surface area contributed by atoms with E-state index in [4.69, 9.17) is 4.74 Å². The van der Waals surface area contributed by atoms with Gasteiger partial charge < -0.3 is 9.30 Å². The number of ketones is 1. The van der Waals surface area contributed by atoms with Crippen molar-refractivity contribution in [3.63, 3.8) is 0 Å². The Hall–Kier alpha value is -1.96.